The Labute approximate surface area is 129 Å². The smallest absolute Gasteiger partial charge is 0.204 e. The van der Waals surface area contributed by atoms with Gasteiger partial charge in [0.1, 0.15) is 22.9 Å². The molecule has 2 rings (SSSR count). The Hall–Kier alpha value is -2.34. The number of aromatic nitrogens is 2. The Bertz CT molecular complexity index is 710. The summed E-state index contributed by atoms with van der Waals surface area (Å²) in [6, 6.07) is 7.05. The lowest BCUT2D eigenvalue weighted by atomic mass is 10.2. The quantitative estimate of drug-likeness (QED) is 0.879. The van der Waals surface area contributed by atoms with Crippen LogP contribution in [-0.4, -0.2) is 30.5 Å². The molecule has 0 aliphatic heterocycles. The molecule has 0 unspecified atom stereocenters. The van der Waals surface area contributed by atoms with Crippen LogP contribution in [0.1, 0.15) is 18.3 Å². The fourth-order valence-corrected chi connectivity index (χ4v) is 2.16. The highest BCUT2D eigenvalue weighted by molar-refractivity contribution is 5.51. The third kappa shape index (κ3) is 3.28. The molecule has 1 aromatic carbocycles. The fourth-order valence-electron chi connectivity index (χ4n) is 2.16. The summed E-state index contributed by atoms with van der Waals surface area (Å²) in [5, 5.41) is 7.59. The summed E-state index contributed by atoms with van der Waals surface area (Å²) in [6.45, 7) is 5.03. The molecule has 6 nitrogen and oxygen atoms in total. The SMILES string of the molecule is CCNCc1nn(-c2cc(OC)ccc2OC)c(C)cc1=O. The molecule has 0 aliphatic rings. The maximum absolute atomic E-state index is 12.0. The van der Waals surface area contributed by atoms with E-state index in [0.29, 0.717) is 23.7 Å². The van der Waals surface area contributed by atoms with Crippen molar-refractivity contribution in [3.05, 3.63) is 45.9 Å². The van der Waals surface area contributed by atoms with Gasteiger partial charge < -0.3 is 14.8 Å². The van der Waals surface area contributed by atoms with Crippen LogP contribution in [0, 0.1) is 6.92 Å². The van der Waals surface area contributed by atoms with Crippen molar-refractivity contribution in [2.24, 2.45) is 0 Å². The monoisotopic (exact) mass is 303 g/mol. The number of benzene rings is 1. The van der Waals surface area contributed by atoms with Crippen LogP contribution in [0.4, 0.5) is 0 Å². The standard InChI is InChI=1S/C16H21N3O3/c1-5-17-10-13-15(20)8-11(2)19(18-13)14-9-12(21-3)6-7-16(14)22-4/h6-9,17H,5,10H2,1-4H3. The Morgan fingerprint density at radius 1 is 1.23 bits per heavy atom. The zero-order valence-corrected chi connectivity index (χ0v) is 13.3. The first-order valence-corrected chi connectivity index (χ1v) is 7.13. The highest BCUT2D eigenvalue weighted by atomic mass is 16.5. The predicted octanol–water partition coefficient (Wildman–Crippen LogP) is 1.67. The maximum atomic E-state index is 12.0. The fraction of sp³-hybridized carbons (Fsp3) is 0.375. The number of methoxy groups -OCH3 is 2. The van der Waals surface area contributed by atoms with Gasteiger partial charge in [0.25, 0.3) is 0 Å². The van der Waals surface area contributed by atoms with Crippen LogP contribution in [0.3, 0.4) is 0 Å². The number of hydrogen-bond acceptors (Lipinski definition) is 5. The van der Waals surface area contributed by atoms with Crippen molar-refractivity contribution < 1.29 is 9.47 Å². The maximum Gasteiger partial charge on any atom is 0.204 e. The van der Waals surface area contributed by atoms with E-state index in [1.54, 1.807) is 25.0 Å². The Kier molecular flexibility index (Phi) is 5.16. The van der Waals surface area contributed by atoms with Gasteiger partial charge in [0.2, 0.25) is 5.43 Å². The summed E-state index contributed by atoms with van der Waals surface area (Å²) in [5.74, 6) is 1.36. The summed E-state index contributed by atoms with van der Waals surface area (Å²) in [5.41, 5.74) is 1.86. The van der Waals surface area contributed by atoms with E-state index in [2.05, 4.69) is 10.4 Å². The second-order valence-electron chi connectivity index (χ2n) is 4.83. The molecular formula is C16H21N3O3. The minimum Gasteiger partial charge on any atom is -0.497 e. The summed E-state index contributed by atoms with van der Waals surface area (Å²) in [6.07, 6.45) is 0. The minimum atomic E-state index is -0.0726. The van der Waals surface area contributed by atoms with Crippen LogP contribution in [0.15, 0.2) is 29.1 Å². The van der Waals surface area contributed by atoms with E-state index in [-0.39, 0.29) is 5.43 Å². The first kappa shape index (κ1) is 16.0. The van der Waals surface area contributed by atoms with E-state index in [9.17, 15) is 4.79 Å². The molecule has 0 saturated heterocycles. The predicted molar refractivity (Wildman–Crippen MR) is 85.1 cm³/mol. The van der Waals surface area contributed by atoms with Crippen molar-refractivity contribution in [1.29, 1.82) is 0 Å². The van der Waals surface area contributed by atoms with Crippen molar-refractivity contribution >= 4 is 0 Å². The average Bonchev–Trinajstić information content (AvgIpc) is 2.53. The van der Waals surface area contributed by atoms with Gasteiger partial charge in [0, 0.05) is 24.4 Å². The summed E-state index contributed by atoms with van der Waals surface area (Å²) in [7, 11) is 3.20. The largest absolute Gasteiger partial charge is 0.497 e. The van der Waals surface area contributed by atoms with E-state index < -0.39 is 0 Å². The molecule has 22 heavy (non-hydrogen) atoms. The van der Waals surface area contributed by atoms with Crippen molar-refractivity contribution in [3.8, 4) is 17.2 Å². The third-order valence-corrected chi connectivity index (χ3v) is 3.34. The minimum absolute atomic E-state index is 0.0726. The molecule has 0 radical (unpaired) electrons. The van der Waals surface area contributed by atoms with Gasteiger partial charge in [-0.1, -0.05) is 6.92 Å². The Morgan fingerprint density at radius 3 is 2.64 bits per heavy atom. The van der Waals surface area contributed by atoms with Crippen LogP contribution < -0.4 is 20.2 Å². The van der Waals surface area contributed by atoms with Crippen LogP contribution >= 0.6 is 0 Å². The first-order chi connectivity index (χ1) is 10.6. The molecule has 0 saturated carbocycles. The number of aryl methyl sites for hydroxylation is 1. The van der Waals surface area contributed by atoms with Crippen LogP contribution in [0.25, 0.3) is 5.69 Å². The Balaban J connectivity index is 2.58. The zero-order chi connectivity index (χ0) is 16.1. The Morgan fingerprint density at radius 2 is 2.00 bits per heavy atom. The normalized spacial score (nSPS) is 10.5. The molecule has 2 aromatic rings. The van der Waals surface area contributed by atoms with Crippen LogP contribution in [-0.2, 0) is 6.54 Å². The van der Waals surface area contributed by atoms with E-state index in [4.69, 9.17) is 9.47 Å². The molecule has 118 valence electrons. The molecule has 0 amide bonds. The molecule has 1 heterocycles. The summed E-state index contributed by atoms with van der Waals surface area (Å²) >= 11 is 0. The number of rotatable bonds is 6. The van der Waals surface area contributed by atoms with Gasteiger partial charge in [-0.05, 0) is 25.6 Å². The van der Waals surface area contributed by atoms with Gasteiger partial charge in [-0.15, -0.1) is 0 Å². The number of ether oxygens (including phenoxy) is 2. The molecular weight excluding hydrogens is 282 g/mol. The second kappa shape index (κ2) is 7.09. The second-order valence-corrected chi connectivity index (χ2v) is 4.83. The molecule has 0 spiro atoms. The lowest BCUT2D eigenvalue weighted by Gasteiger charge is -2.15. The summed E-state index contributed by atoms with van der Waals surface area (Å²) < 4.78 is 12.4. The number of nitrogens with zero attached hydrogens (tertiary/aromatic N) is 2. The highest BCUT2D eigenvalue weighted by Gasteiger charge is 2.12. The number of hydrogen-bond donors (Lipinski definition) is 1. The van der Waals surface area contributed by atoms with Gasteiger partial charge in [0.15, 0.2) is 0 Å². The highest BCUT2D eigenvalue weighted by Crippen LogP contribution is 2.27. The van der Waals surface area contributed by atoms with Crippen LogP contribution in [0.2, 0.25) is 0 Å². The van der Waals surface area contributed by atoms with Crippen molar-refractivity contribution in [2.75, 3.05) is 20.8 Å². The van der Waals surface area contributed by atoms with Crippen molar-refractivity contribution in [3.63, 3.8) is 0 Å². The number of nitrogens with one attached hydrogen (secondary N) is 1. The van der Waals surface area contributed by atoms with Gasteiger partial charge in [0.05, 0.1) is 14.2 Å². The summed E-state index contributed by atoms with van der Waals surface area (Å²) in [4.78, 5) is 12.0. The van der Waals surface area contributed by atoms with Crippen LogP contribution in [0.5, 0.6) is 11.5 Å². The molecule has 6 heteroatoms. The molecule has 0 bridgehead atoms. The van der Waals surface area contributed by atoms with E-state index in [1.807, 2.05) is 32.0 Å². The van der Waals surface area contributed by atoms with E-state index >= 15 is 0 Å². The van der Waals surface area contributed by atoms with Crippen molar-refractivity contribution in [2.45, 2.75) is 20.4 Å². The van der Waals surface area contributed by atoms with Gasteiger partial charge in [-0.25, -0.2) is 4.68 Å². The van der Waals surface area contributed by atoms with Gasteiger partial charge in [-0.3, -0.25) is 4.79 Å². The zero-order valence-electron chi connectivity index (χ0n) is 13.3. The van der Waals surface area contributed by atoms with Gasteiger partial charge in [-0.2, -0.15) is 5.10 Å². The molecule has 0 fully saturated rings. The lowest BCUT2D eigenvalue weighted by molar-refractivity contribution is 0.400. The topological polar surface area (TPSA) is 65.4 Å². The third-order valence-electron chi connectivity index (χ3n) is 3.34. The molecule has 0 aliphatic carbocycles. The first-order valence-electron chi connectivity index (χ1n) is 7.13. The molecule has 0 atom stereocenters. The lowest BCUT2D eigenvalue weighted by Crippen LogP contribution is -2.24. The molecule has 1 aromatic heterocycles. The van der Waals surface area contributed by atoms with Gasteiger partial charge >= 0.3 is 0 Å². The average molecular weight is 303 g/mol. The van der Waals surface area contributed by atoms with Crippen molar-refractivity contribution in [1.82, 2.24) is 15.1 Å². The molecule has 1 N–H and O–H groups in total. The van der Waals surface area contributed by atoms with E-state index in [1.165, 1.54) is 0 Å². The van der Waals surface area contributed by atoms with E-state index in [0.717, 1.165) is 17.9 Å².